The molecule has 14 heavy (non-hydrogen) atoms. The quantitative estimate of drug-likeness (QED) is 0.741. The molecule has 0 aromatic heterocycles. The molecule has 1 saturated carbocycles. The van der Waals surface area contributed by atoms with Crippen molar-refractivity contribution in [3.8, 4) is 0 Å². The molecule has 0 saturated heterocycles. The molecule has 1 aliphatic rings. The number of hydrogen-bond donors (Lipinski definition) is 1. The molecule has 1 aliphatic carbocycles. The fourth-order valence-corrected chi connectivity index (χ4v) is 1.72. The lowest BCUT2D eigenvalue weighted by Gasteiger charge is -2.31. The van der Waals surface area contributed by atoms with E-state index in [0.717, 1.165) is 0 Å². The van der Waals surface area contributed by atoms with Gasteiger partial charge < -0.3 is 9.84 Å². The highest BCUT2D eigenvalue weighted by molar-refractivity contribution is 5.83. The minimum atomic E-state index is -0.835. The monoisotopic (exact) mass is 200 g/mol. The number of carbonyl (C=O) groups excluding carboxylic acids is 1. The molecule has 4 heteroatoms. The molecule has 0 radical (unpaired) electrons. The van der Waals surface area contributed by atoms with Crippen LogP contribution >= 0.6 is 0 Å². The fraction of sp³-hybridized carbons (Fsp3) is 0.800. The lowest BCUT2D eigenvalue weighted by Crippen LogP contribution is -2.39. The summed E-state index contributed by atoms with van der Waals surface area (Å²) < 4.78 is 5.18. The topological polar surface area (TPSA) is 63.6 Å². The Morgan fingerprint density at radius 2 is 2.07 bits per heavy atom. The maximum atomic E-state index is 11.1. The van der Waals surface area contributed by atoms with Gasteiger partial charge in [0.2, 0.25) is 0 Å². The molecule has 0 aliphatic heterocycles. The highest BCUT2D eigenvalue weighted by Gasteiger charge is 2.41. The number of Topliss-reactive ketones (excluding diaryl/α,β-unsaturated/α-hetero) is 1. The summed E-state index contributed by atoms with van der Waals surface area (Å²) in [5.74, 6) is -0.670. The van der Waals surface area contributed by atoms with Crippen LogP contribution in [0.4, 0.5) is 0 Å². The third-order valence-electron chi connectivity index (χ3n) is 2.80. The first-order valence-corrected chi connectivity index (χ1v) is 4.93. The van der Waals surface area contributed by atoms with Gasteiger partial charge in [0.05, 0.1) is 12.0 Å². The molecule has 0 aromatic rings. The van der Waals surface area contributed by atoms with E-state index in [1.165, 1.54) is 0 Å². The molecule has 0 heterocycles. The van der Waals surface area contributed by atoms with Crippen LogP contribution in [-0.2, 0) is 14.3 Å². The second-order valence-corrected chi connectivity index (χ2v) is 3.76. The molecule has 0 amide bonds. The molecule has 80 valence electrons. The minimum Gasteiger partial charge on any atom is -0.481 e. The SMILES string of the molecule is CCOCC1(C(=O)O)CCC(=O)CC1. The van der Waals surface area contributed by atoms with Gasteiger partial charge in [0.25, 0.3) is 0 Å². The van der Waals surface area contributed by atoms with Crippen molar-refractivity contribution in [1.29, 1.82) is 0 Å². The van der Waals surface area contributed by atoms with Crippen molar-refractivity contribution in [1.82, 2.24) is 0 Å². The van der Waals surface area contributed by atoms with Gasteiger partial charge in [-0.15, -0.1) is 0 Å². The minimum absolute atomic E-state index is 0.165. The van der Waals surface area contributed by atoms with Crippen LogP contribution in [0.3, 0.4) is 0 Å². The highest BCUT2D eigenvalue weighted by Crippen LogP contribution is 2.35. The predicted octanol–water partition coefficient (Wildman–Crippen LogP) is 1.24. The first-order chi connectivity index (χ1) is 6.60. The number of aliphatic carboxylic acids is 1. The van der Waals surface area contributed by atoms with Gasteiger partial charge in [-0.3, -0.25) is 9.59 Å². The van der Waals surface area contributed by atoms with Gasteiger partial charge in [0.15, 0.2) is 0 Å². The van der Waals surface area contributed by atoms with Crippen LogP contribution in [0.2, 0.25) is 0 Å². The first-order valence-electron chi connectivity index (χ1n) is 4.93. The van der Waals surface area contributed by atoms with Crippen molar-refractivity contribution in [2.24, 2.45) is 5.41 Å². The van der Waals surface area contributed by atoms with E-state index in [1.54, 1.807) is 0 Å². The van der Waals surface area contributed by atoms with Crippen LogP contribution in [0.5, 0.6) is 0 Å². The molecule has 0 aromatic carbocycles. The van der Waals surface area contributed by atoms with E-state index in [2.05, 4.69) is 0 Å². The predicted molar refractivity (Wildman–Crippen MR) is 50.0 cm³/mol. The molecule has 4 nitrogen and oxygen atoms in total. The van der Waals surface area contributed by atoms with Crippen molar-refractivity contribution >= 4 is 11.8 Å². The van der Waals surface area contributed by atoms with E-state index >= 15 is 0 Å². The van der Waals surface area contributed by atoms with Crippen LogP contribution in [0.25, 0.3) is 0 Å². The van der Waals surface area contributed by atoms with Crippen molar-refractivity contribution < 1.29 is 19.4 Å². The summed E-state index contributed by atoms with van der Waals surface area (Å²) >= 11 is 0. The van der Waals surface area contributed by atoms with Gasteiger partial charge in [0, 0.05) is 19.4 Å². The number of rotatable bonds is 4. The van der Waals surface area contributed by atoms with Crippen molar-refractivity contribution in [3.63, 3.8) is 0 Å². The Balaban J connectivity index is 2.63. The second-order valence-electron chi connectivity index (χ2n) is 3.76. The molecule has 1 N–H and O–H groups in total. The molecule has 1 fully saturated rings. The summed E-state index contributed by atoms with van der Waals surface area (Å²) in [6.45, 7) is 2.58. The first kappa shape index (κ1) is 11.2. The second kappa shape index (κ2) is 4.55. The fourth-order valence-electron chi connectivity index (χ4n) is 1.72. The zero-order chi connectivity index (χ0) is 10.6. The van der Waals surface area contributed by atoms with Gasteiger partial charge >= 0.3 is 5.97 Å². The van der Waals surface area contributed by atoms with Crippen LogP contribution in [-0.4, -0.2) is 30.1 Å². The molecule has 0 unspecified atom stereocenters. The largest absolute Gasteiger partial charge is 0.481 e. The van der Waals surface area contributed by atoms with E-state index in [4.69, 9.17) is 9.84 Å². The Morgan fingerprint density at radius 3 is 2.50 bits per heavy atom. The zero-order valence-electron chi connectivity index (χ0n) is 8.41. The Morgan fingerprint density at radius 1 is 1.50 bits per heavy atom. The van der Waals surface area contributed by atoms with Crippen LogP contribution < -0.4 is 0 Å². The maximum absolute atomic E-state index is 11.1. The molecule has 1 rings (SSSR count). The molecule has 0 atom stereocenters. The molecule has 0 spiro atoms. The normalized spacial score (nSPS) is 20.8. The van der Waals surface area contributed by atoms with Gasteiger partial charge in [-0.25, -0.2) is 0 Å². The highest BCUT2D eigenvalue weighted by atomic mass is 16.5. The van der Waals surface area contributed by atoms with Gasteiger partial charge in [0.1, 0.15) is 5.78 Å². The molecule has 0 bridgehead atoms. The standard InChI is InChI=1S/C10H16O4/c1-2-14-7-10(9(12)13)5-3-8(11)4-6-10/h2-7H2,1H3,(H,12,13). The van der Waals surface area contributed by atoms with Gasteiger partial charge in [-0.1, -0.05) is 0 Å². The summed E-state index contributed by atoms with van der Waals surface area (Å²) in [5, 5.41) is 9.11. The van der Waals surface area contributed by atoms with Gasteiger partial charge in [-0.05, 0) is 19.8 Å². The number of carboxylic acid groups (broad SMARTS) is 1. The zero-order valence-corrected chi connectivity index (χ0v) is 8.41. The third-order valence-corrected chi connectivity index (χ3v) is 2.80. The van der Waals surface area contributed by atoms with Gasteiger partial charge in [-0.2, -0.15) is 0 Å². The summed E-state index contributed by atoms with van der Waals surface area (Å²) in [5.41, 5.74) is -0.816. The van der Waals surface area contributed by atoms with E-state index in [1.807, 2.05) is 6.92 Å². The van der Waals surface area contributed by atoms with Crippen molar-refractivity contribution in [3.05, 3.63) is 0 Å². The average Bonchev–Trinajstić information content (AvgIpc) is 2.17. The summed E-state index contributed by atoms with van der Waals surface area (Å²) in [6, 6.07) is 0. The smallest absolute Gasteiger partial charge is 0.312 e. The average molecular weight is 200 g/mol. The number of ether oxygens (including phenoxy) is 1. The summed E-state index contributed by atoms with van der Waals surface area (Å²) in [7, 11) is 0. The lowest BCUT2D eigenvalue weighted by molar-refractivity contribution is -0.156. The van der Waals surface area contributed by atoms with Crippen LogP contribution in [0.15, 0.2) is 0 Å². The Labute approximate surface area is 83.2 Å². The van der Waals surface area contributed by atoms with Crippen molar-refractivity contribution in [2.75, 3.05) is 13.2 Å². The Kier molecular flexibility index (Phi) is 3.63. The van der Waals surface area contributed by atoms with E-state index in [0.29, 0.717) is 32.3 Å². The van der Waals surface area contributed by atoms with Crippen LogP contribution in [0, 0.1) is 5.41 Å². The molecular formula is C10H16O4. The number of carbonyl (C=O) groups is 2. The number of carboxylic acids is 1. The third kappa shape index (κ3) is 2.32. The number of hydrogen-bond acceptors (Lipinski definition) is 3. The maximum Gasteiger partial charge on any atom is 0.312 e. The van der Waals surface area contributed by atoms with Crippen molar-refractivity contribution in [2.45, 2.75) is 32.6 Å². The van der Waals surface area contributed by atoms with E-state index < -0.39 is 11.4 Å². The van der Waals surface area contributed by atoms with E-state index in [9.17, 15) is 9.59 Å². The van der Waals surface area contributed by atoms with E-state index in [-0.39, 0.29) is 12.4 Å². The summed E-state index contributed by atoms with van der Waals surface area (Å²) in [4.78, 5) is 22.1. The Bertz CT molecular complexity index is 224. The Hall–Kier alpha value is -0.900. The lowest BCUT2D eigenvalue weighted by atomic mass is 9.74. The van der Waals surface area contributed by atoms with Crippen LogP contribution in [0.1, 0.15) is 32.6 Å². The summed E-state index contributed by atoms with van der Waals surface area (Å²) in [6.07, 6.45) is 1.58. The number of ketones is 1. The molecular weight excluding hydrogens is 184 g/mol.